The van der Waals surface area contributed by atoms with E-state index in [-0.39, 0.29) is 12.0 Å². The molecule has 1 aliphatic heterocycles. The highest BCUT2D eigenvalue weighted by atomic mass is 16.6. The van der Waals surface area contributed by atoms with Crippen molar-refractivity contribution >= 4 is 11.6 Å². The summed E-state index contributed by atoms with van der Waals surface area (Å²) in [5, 5.41) is 7.19. The molecule has 33 heavy (non-hydrogen) atoms. The van der Waals surface area contributed by atoms with E-state index in [9.17, 15) is 4.79 Å². The summed E-state index contributed by atoms with van der Waals surface area (Å²) in [6, 6.07) is 19.6. The fraction of sp³-hybridized carbons (Fsp3) is 0.269. The molecule has 1 aromatic heterocycles. The number of oxime groups is 1. The zero-order valence-corrected chi connectivity index (χ0v) is 19.1. The Morgan fingerprint density at radius 2 is 1.82 bits per heavy atom. The Morgan fingerprint density at radius 1 is 1.09 bits per heavy atom. The van der Waals surface area contributed by atoms with Crippen LogP contribution in [0.2, 0.25) is 0 Å². The largest absolute Gasteiger partial charge is 0.497 e. The molecule has 0 saturated carbocycles. The first-order valence-corrected chi connectivity index (χ1v) is 10.9. The molecular formula is C26H28N4O3. The Bertz CT molecular complexity index is 1130. The summed E-state index contributed by atoms with van der Waals surface area (Å²) in [4.78, 5) is 24.7. The van der Waals surface area contributed by atoms with E-state index in [1.807, 2.05) is 30.3 Å². The SMILES string of the molecule is COc1ccc(CNC(=O)c2cc(C3=NOC(c4ccc(CN(C)C)cc4)C3)ccn2)cc1. The quantitative estimate of drug-likeness (QED) is 0.569. The molecule has 1 N–H and O–H groups in total. The first-order valence-electron chi connectivity index (χ1n) is 10.9. The molecule has 0 spiro atoms. The lowest BCUT2D eigenvalue weighted by Gasteiger charge is -2.12. The number of methoxy groups -OCH3 is 1. The van der Waals surface area contributed by atoms with Gasteiger partial charge in [-0.1, -0.05) is 41.6 Å². The predicted octanol–water partition coefficient (Wildman–Crippen LogP) is 3.95. The van der Waals surface area contributed by atoms with E-state index in [1.54, 1.807) is 19.4 Å². The zero-order valence-electron chi connectivity index (χ0n) is 19.1. The fourth-order valence-corrected chi connectivity index (χ4v) is 3.68. The number of benzene rings is 2. The van der Waals surface area contributed by atoms with Crippen molar-refractivity contribution in [2.75, 3.05) is 21.2 Å². The minimum absolute atomic E-state index is 0.131. The smallest absolute Gasteiger partial charge is 0.270 e. The van der Waals surface area contributed by atoms with Crippen LogP contribution in [0.3, 0.4) is 0 Å². The van der Waals surface area contributed by atoms with Crippen LogP contribution in [0.5, 0.6) is 5.75 Å². The molecule has 4 rings (SSSR count). The third-order valence-corrected chi connectivity index (χ3v) is 5.46. The third kappa shape index (κ3) is 5.75. The van der Waals surface area contributed by atoms with Crippen LogP contribution in [-0.2, 0) is 17.9 Å². The number of hydrogen-bond donors (Lipinski definition) is 1. The van der Waals surface area contributed by atoms with Crippen molar-refractivity contribution in [1.29, 1.82) is 0 Å². The summed E-state index contributed by atoms with van der Waals surface area (Å²) in [6.07, 6.45) is 2.14. The van der Waals surface area contributed by atoms with Crippen molar-refractivity contribution < 1.29 is 14.4 Å². The summed E-state index contributed by atoms with van der Waals surface area (Å²) in [5.41, 5.74) is 5.31. The van der Waals surface area contributed by atoms with Crippen molar-refractivity contribution in [3.63, 3.8) is 0 Å². The fourth-order valence-electron chi connectivity index (χ4n) is 3.68. The summed E-state index contributed by atoms with van der Waals surface area (Å²) in [6.45, 7) is 1.30. The van der Waals surface area contributed by atoms with Gasteiger partial charge in [-0.15, -0.1) is 0 Å². The minimum Gasteiger partial charge on any atom is -0.497 e. The Balaban J connectivity index is 1.36. The Morgan fingerprint density at radius 3 is 2.52 bits per heavy atom. The van der Waals surface area contributed by atoms with Crippen LogP contribution in [0.25, 0.3) is 0 Å². The highest BCUT2D eigenvalue weighted by Gasteiger charge is 2.24. The van der Waals surface area contributed by atoms with Crippen LogP contribution < -0.4 is 10.1 Å². The van der Waals surface area contributed by atoms with Crippen LogP contribution >= 0.6 is 0 Å². The lowest BCUT2D eigenvalue weighted by atomic mass is 9.99. The summed E-state index contributed by atoms with van der Waals surface area (Å²) < 4.78 is 5.16. The first kappa shape index (κ1) is 22.5. The van der Waals surface area contributed by atoms with Crippen molar-refractivity contribution in [3.05, 3.63) is 94.8 Å². The maximum atomic E-state index is 12.6. The predicted molar refractivity (Wildman–Crippen MR) is 127 cm³/mol. The average Bonchev–Trinajstić information content (AvgIpc) is 3.33. The van der Waals surface area contributed by atoms with Gasteiger partial charge in [0.25, 0.3) is 5.91 Å². The van der Waals surface area contributed by atoms with Gasteiger partial charge < -0.3 is 19.8 Å². The number of aromatic nitrogens is 1. The van der Waals surface area contributed by atoms with Crippen molar-refractivity contribution in [1.82, 2.24) is 15.2 Å². The topological polar surface area (TPSA) is 76.1 Å². The average molecular weight is 445 g/mol. The first-order chi connectivity index (χ1) is 16.0. The standard InChI is InChI=1S/C26H28N4O3/c1-30(2)17-19-4-8-20(9-5-19)25-15-23(29-33-25)21-12-13-27-24(14-21)26(31)28-16-18-6-10-22(32-3)11-7-18/h4-14,25H,15-17H2,1-3H3,(H,28,31). The van der Waals surface area contributed by atoms with E-state index in [0.717, 1.165) is 34.7 Å². The van der Waals surface area contributed by atoms with Gasteiger partial charge >= 0.3 is 0 Å². The maximum Gasteiger partial charge on any atom is 0.270 e. The molecule has 7 heteroatoms. The molecule has 1 unspecified atom stereocenters. The molecule has 2 heterocycles. The van der Waals surface area contributed by atoms with Crippen molar-refractivity contribution in [2.45, 2.75) is 25.6 Å². The number of rotatable bonds is 8. The van der Waals surface area contributed by atoms with Crippen LogP contribution in [0.1, 0.15) is 45.3 Å². The number of ether oxygens (including phenoxy) is 1. The van der Waals surface area contributed by atoms with Crippen LogP contribution in [0.4, 0.5) is 0 Å². The summed E-state index contributed by atoms with van der Waals surface area (Å²) in [7, 11) is 5.73. The number of carbonyl (C=O) groups is 1. The third-order valence-electron chi connectivity index (χ3n) is 5.46. The molecule has 7 nitrogen and oxygen atoms in total. The van der Waals surface area contributed by atoms with Gasteiger partial charge in [0.1, 0.15) is 11.4 Å². The number of nitrogens with one attached hydrogen (secondary N) is 1. The van der Waals surface area contributed by atoms with E-state index in [2.05, 4.69) is 58.7 Å². The lowest BCUT2D eigenvalue weighted by molar-refractivity contribution is 0.0857. The van der Waals surface area contributed by atoms with E-state index in [1.165, 1.54) is 5.56 Å². The van der Waals surface area contributed by atoms with Crippen LogP contribution in [0, 0.1) is 0 Å². The summed E-state index contributed by atoms with van der Waals surface area (Å²) >= 11 is 0. The van der Waals surface area contributed by atoms with Gasteiger partial charge in [0.15, 0.2) is 6.10 Å². The molecule has 170 valence electrons. The second-order valence-electron chi connectivity index (χ2n) is 8.28. The molecule has 2 aromatic carbocycles. The molecular weight excluding hydrogens is 416 g/mol. The van der Waals surface area contributed by atoms with E-state index < -0.39 is 0 Å². The number of amides is 1. The van der Waals surface area contributed by atoms with Crippen LogP contribution in [0.15, 0.2) is 72.0 Å². The number of nitrogens with zero attached hydrogens (tertiary/aromatic N) is 3. The second-order valence-corrected chi connectivity index (χ2v) is 8.28. The van der Waals surface area contributed by atoms with E-state index in [4.69, 9.17) is 9.57 Å². The highest BCUT2D eigenvalue weighted by molar-refractivity contribution is 6.03. The molecule has 0 radical (unpaired) electrons. The Hall–Kier alpha value is -3.71. The highest BCUT2D eigenvalue weighted by Crippen LogP contribution is 2.29. The molecule has 0 bridgehead atoms. The molecule has 1 atom stereocenters. The van der Waals surface area contributed by atoms with Crippen molar-refractivity contribution in [2.24, 2.45) is 5.16 Å². The van der Waals surface area contributed by atoms with Gasteiger partial charge in [-0.2, -0.15) is 0 Å². The minimum atomic E-state index is -0.236. The van der Waals surface area contributed by atoms with E-state index >= 15 is 0 Å². The van der Waals surface area contributed by atoms with E-state index in [0.29, 0.717) is 18.7 Å². The molecule has 0 fully saturated rings. The van der Waals surface area contributed by atoms with Crippen molar-refractivity contribution in [3.8, 4) is 5.75 Å². The summed E-state index contributed by atoms with van der Waals surface area (Å²) in [5.74, 6) is 0.544. The molecule has 1 aliphatic rings. The monoisotopic (exact) mass is 444 g/mol. The van der Waals surface area contributed by atoms with Gasteiger partial charge in [-0.25, -0.2) is 0 Å². The van der Waals surface area contributed by atoms with Crippen LogP contribution in [-0.4, -0.2) is 42.7 Å². The Kier molecular flexibility index (Phi) is 7.00. The Labute approximate surface area is 194 Å². The van der Waals surface area contributed by atoms with Gasteiger partial charge in [0, 0.05) is 31.3 Å². The number of carbonyl (C=O) groups excluding carboxylic acids is 1. The van der Waals surface area contributed by atoms with Gasteiger partial charge in [-0.05, 0) is 55.1 Å². The normalized spacial score (nSPS) is 15.2. The number of hydrogen-bond acceptors (Lipinski definition) is 6. The maximum absolute atomic E-state index is 12.6. The van der Waals surface area contributed by atoms with Gasteiger partial charge in [0.2, 0.25) is 0 Å². The molecule has 0 saturated heterocycles. The molecule has 0 aliphatic carbocycles. The van der Waals surface area contributed by atoms with Gasteiger partial charge in [0.05, 0.1) is 12.8 Å². The second kappa shape index (κ2) is 10.3. The number of pyridine rings is 1. The molecule has 3 aromatic rings. The zero-order chi connectivity index (χ0) is 23.2. The molecule has 1 amide bonds. The van der Waals surface area contributed by atoms with Gasteiger partial charge in [-0.3, -0.25) is 9.78 Å². The lowest BCUT2D eigenvalue weighted by Crippen LogP contribution is -2.24.